The van der Waals surface area contributed by atoms with Crippen LogP contribution in [0, 0.1) is 11.8 Å². The minimum Gasteiger partial charge on any atom is -0.383 e. The summed E-state index contributed by atoms with van der Waals surface area (Å²) >= 11 is 0. The van der Waals surface area contributed by atoms with Gasteiger partial charge in [0.25, 0.3) is 0 Å². The molecule has 3 N–H and O–H groups in total. The fourth-order valence-electron chi connectivity index (χ4n) is 3.63. The van der Waals surface area contributed by atoms with Crippen molar-refractivity contribution in [3.8, 4) is 11.8 Å². The molecule has 35 heavy (non-hydrogen) atoms. The van der Waals surface area contributed by atoms with Crippen molar-refractivity contribution in [2.75, 3.05) is 11.1 Å². The molecule has 2 heterocycles. The minimum absolute atomic E-state index is 0.0456. The number of carbonyl (C=O) groups is 1. The smallest absolute Gasteiger partial charge is 0.383 e. The van der Waals surface area contributed by atoms with Crippen molar-refractivity contribution >= 4 is 28.4 Å². The first-order chi connectivity index (χ1) is 16.6. The first kappa shape index (κ1) is 23.8. The van der Waals surface area contributed by atoms with Crippen LogP contribution in [0.2, 0.25) is 0 Å². The second-order valence-corrected chi connectivity index (χ2v) is 8.25. The number of nitrogen functional groups attached to an aromatic ring is 1. The topological polar surface area (TPSA) is 85.8 Å². The highest BCUT2D eigenvalue weighted by Crippen LogP contribution is 2.30. The van der Waals surface area contributed by atoms with E-state index in [1.165, 1.54) is 18.5 Å². The van der Waals surface area contributed by atoms with Gasteiger partial charge in [0.1, 0.15) is 17.8 Å². The second kappa shape index (κ2) is 9.50. The number of anilines is 2. The molecule has 178 valence electrons. The summed E-state index contributed by atoms with van der Waals surface area (Å²) in [6.45, 7) is 4.07. The third kappa shape index (κ3) is 5.44. The van der Waals surface area contributed by atoms with E-state index in [1.807, 2.05) is 30.7 Å². The maximum Gasteiger partial charge on any atom is 0.416 e. The summed E-state index contributed by atoms with van der Waals surface area (Å²) in [6.07, 6.45) is -1.06. The number of nitrogens with one attached hydrogen (secondary N) is 1. The molecule has 6 nitrogen and oxygen atoms in total. The number of hydrogen-bond acceptors (Lipinski definition) is 4. The Hall–Kier alpha value is -4.32. The van der Waals surface area contributed by atoms with Gasteiger partial charge in [0.05, 0.1) is 22.9 Å². The maximum absolute atomic E-state index is 12.7. The molecule has 0 bridgehead atoms. The second-order valence-electron chi connectivity index (χ2n) is 8.25. The van der Waals surface area contributed by atoms with Crippen molar-refractivity contribution in [3.05, 3.63) is 83.3 Å². The summed E-state index contributed by atoms with van der Waals surface area (Å²) in [5, 5.41) is 3.31. The molecule has 0 aliphatic heterocycles. The van der Waals surface area contributed by atoms with E-state index in [9.17, 15) is 18.0 Å². The van der Waals surface area contributed by atoms with Crippen LogP contribution in [-0.2, 0) is 17.4 Å². The number of nitrogens with two attached hydrogens (primary N) is 1. The predicted molar refractivity (Wildman–Crippen MR) is 129 cm³/mol. The summed E-state index contributed by atoms with van der Waals surface area (Å²) in [4.78, 5) is 20.8. The lowest BCUT2D eigenvalue weighted by molar-refractivity contribution is -0.137. The predicted octanol–water partition coefficient (Wildman–Crippen LogP) is 5.19. The molecule has 2 aromatic carbocycles. The number of amides is 1. The van der Waals surface area contributed by atoms with Crippen LogP contribution < -0.4 is 11.1 Å². The molecular formula is C26H22F3N5O. The highest BCUT2D eigenvalue weighted by atomic mass is 19.4. The van der Waals surface area contributed by atoms with Gasteiger partial charge in [0.2, 0.25) is 5.91 Å². The number of rotatable bonds is 4. The number of fused-ring (bicyclic) bond motifs is 1. The molecular weight excluding hydrogens is 455 g/mol. The average molecular weight is 477 g/mol. The van der Waals surface area contributed by atoms with Crippen molar-refractivity contribution in [2.45, 2.75) is 32.5 Å². The van der Waals surface area contributed by atoms with Gasteiger partial charge in [0, 0.05) is 23.5 Å². The van der Waals surface area contributed by atoms with Gasteiger partial charge in [-0.15, -0.1) is 0 Å². The first-order valence-electron chi connectivity index (χ1n) is 10.8. The van der Waals surface area contributed by atoms with E-state index in [1.54, 1.807) is 18.2 Å². The maximum atomic E-state index is 12.7. The molecule has 0 atom stereocenters. The van der Waals surface area contributed by atoms with E-state index in [0.717, 1.165) is 12.1 Å². The first-order valence-corrected chi connectivity index (χ1v) is 10.8. The van der Waals surface area contributed by atoms with E-state index in [4.69, 9.17) is 5.73 Å². The largest absolute Gasteiger partial charge is 0.416 e. The Bertz CT molecular complexity index is 1440. The zero-order chi connectivity index (χ0) is 25.2. The molecule has 0 unspecified atom stereocenters. The van der Waals surface area contributed by atoms with Crippen LogP contribution in [0.15, 0.2) is 61.1 Å². The SMILES string of the molecule is CC(C)n1cc(C#Cc2cccc(CC(=O)Nc3ccc(C(F)(F)F)cc3)c2)c2c(N)ncnc21. The highest BCUT2D eigenvalue weighted by molar-refractivity contribution is 5.93. The van der Waals surface area contributed by atoms with Crippen LogP contribution in [0.5, 0.6) is 0 Å². The summed E-state index contributed by atoms with van der Waals surface area (Å²) in [7, 11) is 0. The average Bonchev–Trinajstić information content (AvgIpc) is 3.18. The fraction of sp³-hybridized carbons (Fsp3) is 0.192. The van der Waals surface area contributed by atoms with Gasteiger partial charge in [0.15, 0.2) is 0 Å². The summed E-state index contributed by atoms with van der Waals surface area (Å²) < 4.78 is 40.1. The molecule has 4 rings (SSSR count). The molecule has 0 saturated carbocycles. The Morgan fingerprint density at radius 3 is 2.54 bits per heavy atom. The standard InChI is InChI=1S/C26H22F3N5O/c1-16(2)34-14-19(23-24(30)31-15-32-25(23)34)7-6-17-4-3-5-18(12-17)13-22(35)33-21-10-8-20(9-11-21)26(27,28)29/h3-5,8-12,14-16H,13H2,1-2H3,(H,33,35)(H2,30,31,32). The van der Waals surface area contributed by atoms with E-state index in [-0.39, 0.29) is 18.4 Å². The van der Waals surface area contributed by atoms with Gasteiger partial charge in [-0.05, 0) is 55.8 Å². The van der Waals surface area contributed by atoms with E-state index in [0.29, 0.717) is 39.2 Å². The Morgan fingerprint density at radius 2 is 1.86 bits per heavy atom. The van der Waals surface area contributed by atoms with Crippen molar-refractivity contribution in [2.24, 2.45) is 0 Å². The molecule has 0 aliphatic carbocycles. The lowest BCUT2D eigenvalue weighted by Crippen LogP contribution is -2.14. The van der Waals surface area contributed by atoms with Crippen molar-refractivity contribution in [3.63, 3.8) is 0 Å². The van der Waals surface area contributed by atoms with Gasteiger partial charge in [-0.3, -0.25) is 4.79 Å². The van der Waals surface area contributed by atoms with Crippen LogP contribution >= 0.6 is 0 Å². The fourth-order valence-corrected chi connectivity index (χ4v) is 3.63. The zero-order valence-corrected chi connectivity index (χ0v) is 19.0. The van der Waals surface area contributed by atoms with Gasteiger partial charge < -0.3 is 15.6 Å². The van der Waals surface area contributed by atoms with E-state index >= 15 is 0 Å². The lowest BCUT2D eigenvalue weighted by Gasteiger charge is -2.09. The Morgan fingerprint density at radius 1 is 1.11 bits per heavy atom. The number of benzene rings is 2. The molecule has 1 amide bonds. The number of nitrogens with zero attached hydrogens (tertiary/aromatic N) is 3. The van der Waals surface area contributed by atoms with Crippen LogP contribution in [0.3, 0.4) is 0 Å². The van der Waals surface area contributed by atoms with E-state index < -0.39 is 11.7 Å². The van der Waals surface area contributed by atoms with Crippen LogP contribution in [0.4, 0.5) is 24.7 Å². The van der Waals surface area contributed by atoms with Crippen molar-refractivity contribution < 1.29 is 18.0 Å². The monoisotopic (exact) mass is 477 g/mol. The quantitative estimate of drug-likeness (QED) is 0.396. The van der Waals surface area contributed by atoms with E-state index in [2.05, 4.69) is 27.1 Å². The Balaban J connectivity index is 1.51. The third-order valence-corrected chi connectivity index (χ3v) is 5.32. The molecule has 4 aromatic rings. The van der Waals surface area contributed by atoms with Gasteiger partial charge in [-0.1, -0.05) is 24.0 Å². The van der Waals surface area contributed by atoms with Crippen LogP contribution in [-0.4, -0.2) is 20.4 Å². The molecule has 0 fully saturated rings. The number of hydrogen-bond donors (Lipinski definition) is 2. The molecule has 9 heteroatoms. The number of carbonyl (C=O) groups excluding carboxylic acids is 1. The summed E-state index contributed by atoms with van der Waals surface area (Å²) in [5.41, 5.74) is 8.43. The van der Waals surface area contributed by atoms with Crippen LogP contribution in [0.25, 0.3) is 11.0 Å². The molecule has 0 radical (unpaired) electrons. The number of alkyl halides is 3. The summed E-state index contributed by atoms with van der Waals surface area (Å²) in [5.74, 6) is 6.24. The Kier molecular flexibility index (Phi) is 6.47. The molecule has 0 aliphatic rings. The highest BCUT2D eigenvalue weighted by Gasteiger charge is 2.30. The molecule has 0 spiro atoms. The Labute approximate surface area is 200 Å². The third-order valence-electron chi connectivity index (χ3n) is 5.32. The van der Waals surface area contributed by atoms with Gasteiger partial charge in [-0.2, -0.15) is 13.2 Å². The normalized spacial score (nSPS) is 11.4. The zero-order valence-electron chi connectivity index (χ0n) is 19.0. The molecule has 0 saturated heterocycles. The number of halogens is 3. The summed E-state index contributed by atoms with van der Waals surface area (Å²) in [6, 6.07) is 11.7. The van der Waals surface area contributed by atoms with Gasteiger partial charge in [-0.25, -0.2) is 9.97 Å². The lowest BCUT2D eigenvalue weighted by atomic mass is 10.1. The number of aromatic nitrogens is 3. The van der Waals surface area contributed by atoms with Crippen molar-refractivity contribution in [1.82, 2.24) is 14.5 Å². The van der Waals surface area contributed by atoms with Gasteiger partial charge >= 0.3 is 6.18 Å². The molecule has 2 aromatic heterocycles. The van der Waals surface area contributed by atoms with Crippen LogP contribution in [0.1, 0.15) is 42.1 Å². The van der Waals surface area contributed by atoms with Crippen molar-refractivity contribution in [1.29, 1.82) is 0 Å². The minimum atomic E-state index is -4.42.